The van der Waals surface area contributed by atoms with Crippen LogP contribution in [0.4, 0.5) is 0 Å². The molecule has 0 aliphatic heterocycles. The third-order valence-corrected chi connectivity index (χ3v) is 9.78. The molecule has 296 valence electrons. The summed E-state index contributed by atoms with van der Waals surface area (Å²) in [5.74, 6) is -0.805. The highest BCUT2D eigenvalue weighted by atomic mass is 31.2. The molecule has 0 aromatic carbocycles. The second-order valence-corrected chi connectivity index (χ2v) is 16.5. The molecule has 0 saturated heterocycles. The standard InChI is InChI=1S/C40H78NO8P/c1-6-8-10-12-14-16-18-19-20-21-22-23-25-26-28-30-32-39(42)46-36-38(37-48-50(44,45)47-35-34-41(3,4)5)49-40(43)33-31-29-27-24-17-15-13-11-9-7-2/h20-21,38H,6-19,22-37H2,1-5H3/p+1/b21-20-/t38-/m1/s1. The van der Waals surface area contributed by atoms with Crippen molar-refractivity contribution >= 4 is 19.8 Å². The van der Waals surface area contributed by atoms with Crippen LogP contribution in [0.3, 0.4) is 0 Å². The van der Waals surface area contributed by atoms with E-state index in [1.165, 1.54) is 96.3 Å². The zero-order valence-corrected chi connectivity index (χ0v) is 34.0. The van der Waals surface area contributed by atoms with Crippen LogP contribution < -0.4 is 0 Å². The molecule has 0 fully saturated rings. The Morgan fingerprint density at radius 1 is 0.600 bits per heavy atom. The summed E-state index contributed by atoms with van der Waals surface area (Å²) >= 11 is 0. The molecule has 0 bridgehead atoms. The molecule has 0 spiro atoms. The van der Waals surface area contributed by atoms with Crippen molar-refractivity contribution < 1.29 is 42.1 Å². The summed E-state index contributed by atoms with van der Waals surface area (Å²) in [6.45, 7) is 4.40. The van der Waals surface area contributed by atoms with E-state index in [4.69, 9.17) is 18.5 Å². The van der Waals surface area contributed by atoms with Crippen LogP contribution in [0.1, 0.15) is 181 Å². The quantitative estimate of drug-likeness (QED) is 0.0221. The van der Waals surface area contributed by atoms with E-state index in [9.17, 15) is 19.0 Å². The number of carbonyl (C=O) groups excluding carboxylic acids is 2. The first kappa shape index (κ1) is 48.8. The lowest BCUT2D eigenvalue weighted by atomic mass is 10.1. The molecule has 0 radical (unpaired) electrons. The predicted octanol–water partition coefficient (Wildman–Crippen LogP) is 11.0. The van der Waals surface area contributed by atoms with Crippen LogP contribution in [0, 0.1) is 0 Å². The molecule has 0 aliphatic rings. The first-order chi connectivity index (χ1) is 24.0. The van der Waals surface area contributed by atoms with E-state index in [-0.39, 0.29) is 32.0 Å². The van der Waals surface area contributed by atoms with Gasteiger partial charge in [0.2, 0.25) is 0 Å². The normalized spacial score (nSPS) is 13.8. The van der Waals surface area contributed by atoms with Crippen LogP contribution in [0.2, 0.25) is 0 Å². The van der Waals surface area contributed by atoms with E-state index in [1.54, 1.807) is 0 Å². The van der Waals surface area contributed by atoms with Gasteiger partial charge in [0.25, 0.3) is 0 Å². The van der Waals surface area contributed by atoms with Crippen molar-refractivity contribution in [2.45, 2.75) is 187 Å². The monoisotopic (exact) mass is 733 g/mol. The minimum Gasteiger partial charge on any atom is -0.462 e. The average molecular weight is 733 g/mol. The minimum atomic E-state index is -4.36. The molecule has 2 atom stereocenters. The van der Waals surface area contributed by atoms with E-state index in [1.807, 2.05) is 21.1 Å². The van der Waals surface area contributed by atoms with Crippen molar-refractivity contribution in [1.82, 2.24) is 0 Å². The number of allylic oxidation sites excluding steroid dienone is 2. The maximum Gasteiger partial charge on any atom is 0.472 e. The fourth-order valence-electron chi connectivity index (χ4n) is 5.54. The number of phosphoric ester groups is 1. The summed E-state index contributed by atoms with van der Waals surface area (Å²) in [6.07, 6.45) is 32.6. The number of likely N-dealkylation sites (N-methyl/N-ethyl adjacent to an activating group) is 1. The number of carbonyl (C=O) groups is 2. The number of hydrogen-bond acceptors (Lipinski definition) is 7. The van der Waals surface area contributed by atoms with Crippen molar-refractivity contribution in [2.24, 2.45) is 0 Å². The number of ether oxygens (including phenoxy) is 2. The van der Waals surface area contributed by atoms with Gasteiger partial charge in [-0.05, 0) is 38.5 Å². The summed E-state index contributed by atoms with van der Waals surface area (Å²) in [4.78, 5) is 35.2. The van der Waals surface area contributed by atoms with Crippen molar-refractivity contribution in [3.8, 4) is 0 Å². The molecule has 1 N–H and O–H groups in total. The number of rotatable bonds is 37. The highest BCUT2D eigenvalue weighted by Crippen LogP contribution is 2.43. The minimum absolute atomic E-state index is 0.0332. The molecular weight excluding hydrogens is 653 g/mol. The topological polar surface area (TPSA) is 108 Å². The molecule has 0 aromatic heterocycles. The van der Waals surface area contributed by atoms with Gasteiger partial charge in [-0.15, -0.1) is 0 Å². The SMILES string of the molecule is CCCCCCCCC/C=C\CCCCCCCC(=O)OC[C@H](COP(=O)(O)OCC[N+](C)(C)C)OC(=O)CCCCCCCCCCCC. The molecule has 1 unspecified atom stereocenters. The van der Waals surface area contributed by atoms with Crippen molar-refractivity contribution in [3.05, 3.63) is 12.2 Å². The Kier molecular flexibility index (Phi) is 32.7. The Bertz CT molecular complexity index is 876. The van der Waals surface area contributed by atoms with Crippen molar-refractivity contribution in [2.75, 3.05) is 47.5 Å². The third-order valence-electron chi connectivity index (χ3n) is 8.80. The van der Waals surface area contributed by atoms with E-state index in [2.05, 4.69) is 26.0 Å². The van der Waals surface area contributed by atoms with Gasteiger partial charge in [0, 0.05) is 12.8 Å². The molecule has 0 heterocycles. The van der Waals surface area contributed by atoms with Gasteiger partial charge in [0.1, 0.15) is 19.8 Å². The summed E-state index contributed by atoms with van der Waals surface area (Å²) in [5.41, 5.74) is 0. The maximum absolute atomic E-state index is 12.6. The van der Waals surface area contributed by atoms with E-state index in [0.29, 0.717) is 17.4 Å². The Morgan fingerprint density at radius 2 is 1.02 bits per heavy atom. The molecular formula is C40H79NO8P+. The van der Waals surface area contributed by atoms with Crippen LogP contribution in [-0.2, 0) is 32.7 Å². The second-order valence-electron chi connectivity index (χ2n) is 15.0. The van der Waals surface area contributed by atoms with Crippen LogP contribution in [0.5, 0.6) is 0 Å². The molecule has 50 heavy (non-hydrogen) atoms. The summed E-state index contributed by atoms with van der Waals surface area (Å²) in [7, 11) is 1.48. The van der Waals surface area contributed by atoms with Gasteiger partial charge in [-0.1, -0.05) is 142 Å². The molecule has 0 saturated carbocycles. The zero-order chi connectivity index (χ0) is 37.2. The smallest absolute Gasteiger partial charge is 0.462 e. The maximum atomic E-state index is 12.6. The Hall–Kier alpha value is -1.25. The average Bonchev–Trinajstić information content (AvgIpc) is 3.06. The summed E-state index contributed by atoms with van der Waals surface area (Å²) < 4.78 is 34.2. The first-order valence-electron chi connectivity index (χ1n) is 20.4. The van der Waals surface area contributed by atoms with Gasteiger partial charge >= 0.3 is 19.8 Å². The lowest BCUT2D eigenvalue weighted by molar-refractivity contribution is -0.870. The van der Waals surface area contributed by atoms with Gasteiger partial charge in [-0.3, -0.25) is 18.6 Å². The van der Waals surface area contributed by atoms with Crippen LogP contribution >= 0.6 is 7.82 Å². The highest BCUT2D eigenvalue weighted by molar-refractivity contribution is 7.47. The number of nitrogens with zero attached hydrogens (tertiary/aromatic N) is 1. The fraction of sp³-hybridized carbons (Fsp3) is 0.900. The number of unbranched alkanes of at least 4 members (excludes halogenated alkanes) is 21. The molecule has 0 aliphatic carbocycles. The van der Waals surface area contributed by atoms with Gasteiger partial charge in [0.05, 0.1) is 27.7 Å². The largest absolute Gasteiger partial charge is 0.472 e. The number of esters is 2. The Balaban J connectivity index is 4.36. The number of hydrogen-bond donors (Lipinski definition) is 1. The fourth-order valence-corrected chi connectivity index (χ4v) is 6.28. The van der Waals surface area contributed by atoms with Crippen LogP contribution in [-0.4, -0.2) is 74.9 Å². The van der Waals surface area contributed by atoms with Crippen molar-refractivity contribution in [3.63, 3.8) is 0 Å². The second kappa shape index (κ2) is 33.6. The van der Waals surface area contributed by atoms with Gasteiger partial charge in [-0.25, -0.2) is 4.57 Å². The number of phosphoric acid groups is 1. The lowest BCUT2D eigenvalue weighted by Gasteiger charge is -2.24. The molecule has 0 aromatic rings. The predicted molar refractivity (Wildman–Crippen MR) is 206 cm³/mol. The van der Waals surface area contributed by atoms with Crippen LogP contribution in [0.25, 0.3) is 0 Å². The molecule has 0 rings (SSSR count). The molecule has 9 nitrogen and oxygen atoms in total. The molecule has 10 heteroatoms. The summed E-state index contributed by atoms with van der Waals surface area (Å²) in [5, 5.41) is 0. The number of quaternary nitrogens is 1. The summed E-state index contributed by atoms with van der Waals surface area (Å²) in [6, 6.07) is 0. The van der Waals surface area contributed by atoms with E-state index in [0.717, 1.165) is 51.4 Å². The van der Waals surface area contributed by atoms with Gasteiger partial charge < -0.3 is 18.9 Å². The third kappa shape index (κ3) is 36.5. The lowest BCUT2D eigenvalue weighted by Crippen LogP contribution is -2.37. The molecule has 0 amide bonds. The first-order valence-corrected chi connectivity index (χ1v) is 21.9. The Morgan fingerprint density at radius 3 is 1.48 bits per heavy atom. The van der Waals surface area contributed by atoms with E-state index < -0.39 is 26.5 Å². The van der Waals surface area contributed by atoms with Crippen LogP contribution in [0.15, 0.2) is 12.2 Å². The van der Waals surface area contributed by atoms with Crippen molar-refractivity contribution in [1.29, 1.82) is 0 Å². The van der Waals surface area contributed by atoms with Gasteiger partial charge in [0.15, 0.2) is 6.10 Å². The zero-order valence-electron chi connectivity index (χ0n) is 33.1. The Labute approximate surface area is 307 Å². The van der Waals surface area contributed by atoms with Gasteiger partial charge in [-0.2, -0.15) is 0 Å². The van der Waals surface area contributed by atoms with E-state index >= 15 is 0 Å². The highest BCUT2D eigenvalue weighted by Gasteiger charge is 2.27.